The van der Waals surface area contributed by atoms with Gasteiger partial charge >= 0.3 is 5.97 Å². The van der Waals surface area contributed by atoms with Crippen LogP contribution in [0.2, 0.25) is 0 Å². The Kier molecular flexibility index (Phi) is 3.63. The van der Waals surface area contributed by atoms with Gasteiger partial charge in [-0.15, -0.1) is 0 Å². The Hall–Kier alpha value is -2.30. The minimum atomic E-state index is -0.519. The lowest BCUT2D eigenvalue weighted by molar-refractivity contribution is -0.147. The van der Waals surface area contributed by atoms with Crippen molar-refractivity contribution < 1.29 is 23.9 Å². The molecule has 1 aromatic rings. The largest absolute Gasteiger partial charge is 0.469 e. The molecular formula is C20H20O5. The first-order valence-electron chi connectivity index (χ1n) is 8.70. The minimum Gasteiger partial charge on any atom is -0.469 e. The summed E-state index contributed by atoms with van der Waals surface area (Å²) in [5.74, 6) is -1.66. The molecule has 0 N–H and O–H groups in total. The van der Waals surface area contributed by atoms with Gasteiger partial charge in [0.25, 0.3) is 0 Å². The number of fused-ring (bicyclic) bond motifs is 1. The van der Waals surface area contributed by atoms with Crippen LogP contribution in [0.25, 0.3) is 0 Å². The third-order valence-electron chi connectivity index (χ3n) is 6.43. The fraction of sp³-hybridized carbons (Fsp3) is 0.500. The zero-order chi connectivity index (χ0) is 17.8. The molecule has 0 heterocycles. The highest BCUT2D eigenvalue weighted by Gasteiger charge is 2.62. The van der Waals surface area contributed by atoms with E-state index in [-0.39, 0.29) is 42.5 Å². The number of carbonyl (C=O) groups excluding carboxylic acids is 4. The summed E-state index contributed by atoms with van der Waals surface area (Å²) in [5, 5.41) is 0. The molecule has 0 aromatic heterocycles. The molecule has 5 heteroatoms. The first-order valence-corrected chi connectivity index (χ1v) is 8.70. The highest BCUT2D eigenvalue weighted by Crippen LogP contribution is 2.59. The van der Waals surface area contributed by atoms with Crippen molar-refractivity contribution in [2.24, 2.45) is 23.2 Å². The normalized spacial score (nSPS) is 33.5. The van der Waals surface area contributed by atoms with Crippen LogP contribution in [0.15, 0.2) is 24.3 Å². The molecule has 1 aromatic carbocycles. The molecule has 0 aliphatic heterocycles. The van der Waals surface area contributed by atoms with E-state index in [4.69, 9.17) is 4.74 Å². The number of benzene rings is 1. The molecule has 130 valence electrons. The van der Waals surface area contributed by atoms with Gasteiger partial charge in [-0.25, -0.2) is 0 Å². The predicted octanol–water partition coefficient (Wildman–Crippen LogP) is 2.16. The van der Waals surface area contributed by atoms with Gasteiger partial charge in [-0.1, -0.05) is 24.3 Å². The maximum Gasteiger partial charge on any atom is 0.306 e. The Labute approximate surface area is 145 Å². The van der Waals surface area contributed by atoms with E-state index in [1.54, 1.807) is 0 Å². The number of hydrogen-bond donors (Lipinski definition) is 0. The van der Waals surface area contributed by atoms with Gasteiger partial charge in [0.15, 0.2) is 5.78 Å². The molecule has 25 heavy (non-hydrogen) atoms. The Balaban J connectivity index is 1.76. The number of Topliss-reactive ketones (excluding diaryl/α,β-unsaturated/α-hetero) is 3. The summed E-state index contributed by atoms with van der Waals surface area (Å²) in [6, 6.07) is 7.49. The van der Waals surface area contributed by atoms with Gasteiger partial charge in [0.1, 0.15) is 11.6 Å². The van der Waals surface area contributed by atoms with E-state index < -0.39 is 23.2 Å². The molecule has 0 amide bonds. The van der Waals surface area contributed by atoms with Crippen molar-refractivity contribution in [3.8, 4) is 0 Å². The minimum absolute atomic E-state index is 0.0175. The second kappa shape index (κ2) is 5.61. The van der Waals surface area contributed by atoms with Crippen molar-refractivity contribution in [2.75, 3.05) is 7.11 Å². The lowest BCUT2D eigenvalue weighted by atomic mass is 9.54. The van der Waals surface area contributed by atoms with Gasteiger partial charge < -0.3 is 4.74 Å². The number of carbonyl (C=O) groups is 4. The standard InChI is InChI=1S/C20H20O5/c1-25-18(23)6-12-10-20-9-11-4-2-3-5-13(11)19(24)15(20)8-17(22)14(20)7-16(12)21/h2-5,12,14-15H,6-10H2,1H3/t12-,14+,15-,20+/m0/s1. The van der Waals surface area contributed by atoms with Gasteiger partial charge in [0, 0.05) is 36.2 Å². The van der Waals surface area contributed by atoms with Crippen LogP contribution >= 0.6 is 0 Å². The molecule has 5 nitrogen and oxygen atoms in total. The second-order valence-electron chi connectivity index (χ2n) is 7.56. The van der Waals surface area contributed by atoms with Crippen LogP contribution in [0.5, 0.6) is 0 Å². The topological polar surface area (TPSA) is 77.5 Å². The molecule has 3 aliphatic rings. The fourth-order valence-corrected chi connectivity index (χ4v) is 5.25. The summed E-state index contributed by atoms with van der Waals surface area (Å²) in [7, 11) is 1.30. The van der Waals surface area contributed by atoms with Crippen molar-refractivity contribution >= 4 is 23.3 Å². The molecule has 0 radical (unpaired) electrons. The Morgan fingerprint density at radius 3 is 2.60 bits per heavy atom. The first-order chi connectivity index (χ1) is 12.0. The molecule has 0 unspecified atom stereocenters. The van der Waals surface area contributed by atoms with Crippen LogP contribution in [0.3, 0.4) is 0 Å². The monoisotopic (exact) mass is 340 g/mol. The zero-order valence-corrected chi connectivity index (χ0v) is 14.1. The molecule has 0 saturated heterocycles. The van der Waals surface area contributed by atoms with Crippen LogP contribution in [0.4, 0.5) is 0 Å². The van der Waals surface area contributed by atoms with Crippen LogP contribution in [-0.4, -0.2) is 30.4 Å². The van der Waals surface area contributed by atoms with E-state index in [0.29, 0.717) is 18.4 Å². The van der Waals surface area contributed by atoms with Gasteiger partial charge in [-0.2, -0.15) is 0 Å². The van der Waals surface area contributed by atoms with Crippen LogP contribution in [0, 0.1) is 23.2 Å². The first kappa shape index (κ1) is 16.2. The van der Waals surface area contributed by atoms with Crippen LogP contribution in [0.1, 0.15) is 41.6 Å². The van der Waals surface area contributed by atoms with E-state index in [1.807, 2.05) is 24.3 Å². The van der Waals surface area contributed by atoms with Gasteiger partial charge in [-0.3, -0.25) is 19.2 Å². The number of methoxy groups -OCH3 is 1. The molecule has 2 fully saturated rings. The average molecular weight is 340 g/mol. The SMILES string of the molecule is COC(=O)C[C@H]1C[C@@]23Cc4ccccc4C(=O)[C@@H]2CC(=O)[C@H]3CC1=O. The second-order valence-corrected chi connectivity index (χ2v) is 7.56. The zero-order valence-electron chi connectivity index (χ0n) is 14.1. The van der Waals surface area contributed by atoms with Gasteiger partial charge in [-0.05, 0) is 23.8 Å². The number of ether oxygens (including phenoxy) is 1. The Bertz CT molecular complexity index is 795. The van der Waals surface area contributed by atoms with E-state index in [2.05, 4.69) is 0 Å². The highest BCUT2D eigenvalue weighted by atomic mass is 16.5. The molecular weight excluding hydrogens is 320 g/mol. The summed E-state index contributed by atoms with van der Waals surface area (Å²) < 4.78 is 4.72. The van der Waals surface area contributed by atoms with E-state index >= 15 is 0 Å². The predicted molar refractivity (Wildman–Crippen MR) is 87.9 cm³/mol. The maximum atomic E-state index is 13.0. The summed E-state index contributed by atoms with van der Waals surface area (Å²) in [6.45, 7) is 0. The van der Waals surface area contributed by atoms with E-state index in [9.17, 15) is 19.2 Å². The van der Waals surface area contributed by atoms with E-state index in [1.165, 1.54) is 7.11 Å². The van der Waals surface area contributed by atoms with Gasteiger partial charge in [0.05, 0.1) is 13.5 Å². The van der Waals surface area contributed by atoms with E-state index in [0.717, 1.165) is 5.56 Å². The number of esters is 1. The highest BCUT2D eigenvalue weighted by molar-refractivity contribution is 6.07. The quantitative estimate of drug-likeness (QED) is 0.771. The third kappa shape index (κ3) is 2.29. The number of hydrogen-bond acceptors (Lipinski definition) is 5. The van der Waals surface area contributed by atoms with Crippen LogP contribution < -0.4 is 0 Å². The Morgan fingerprint density at radius 2 is 1.84 bits per heavy atom. The van der Waals surface area contributed by atoms with Crippen molar-refractivity contribution in [3.63, 3.8) is 0 Å². The molecule has 3 aliphatic carbocycles. The molecule has 4 rings (SSSR count). The number of rotatable bonds is 2. The van der Waals surface area contributed by atoms with Gasteiger partial charge in [0.2, 0.25) is 0 Å². The summed E-state index contributed by atoms with van der Waals surface area (Å²) in [4.78, 5) is 49.8. The van der Waals surface area contributed by atoms with Crippen molar-refractivity contribution in [3.05, 3.63) is 35.4 Å². The van der Waals surface area contributed by atoms with Crippen molar-refractivity contribution in [1.82, 2.24) is 0 Å². The molecule has 4 atom stereocenters. The molecule has 1 spiro atoms. The summed E-state index contributed by atoms with van der Waals surface area (Å²) in [6.07, 6.45) is 1.44. The number of ketones is 3. The lowest BCUT2D eigenvalue weighted by Crippen LogP contribution is -2.49. The summed E-state index contributed by atoms with van der Waals surface area (Å²) >= 11 is 0. The molecule has 0 bridgehead atoms. The Morgan fingerprint density at radius 1 is 1.12 bits per heavy atom. The van der Waals surface area contributed by atoms with Crippen molar-refractivity contribution in [1.29, 1.82) is 0 Å². The third-order valence-corrected chi connectivity index (χ3v) is 6.43. The maximum absolute atomic E-state index is 13.0. The average Bonchev–Trinajstić information content (AvgIpc) is 2.88. The smallest absolute Gasteiger partial charge is 0.306 e. The van der Waals surface area contributed by atoms with Crippen LogP contribution in [-0.2, 0) is 25.5 Å². The fourth-order valence-electron chi connectivity index (χ4n) is 5.25. The molecule has 2 saturated carbocycles. The van der Waals surface area contributed by atoms with Crippen molar-refractivity contribution in [2.45, 2.75) is 32.1 Å². The summed E-state index contributed by atoms with van der Waals surface area (Å²) in [5.41, 5.74) is 1.14. The lowest BCUT2D eigenvalue weighted by Gasteiger charge is -2.47.